The molecule has 2 fully saturated rings. The lowest BCUT2D eigenvalue weighted by atomic mass is 9.65. The maximum Gasteiger partial charge on any atom is 0.227 e. The Labute approximate surface area is 129 Å². The van der Waals surface area contributed by atoms with Crippen LogP contribution in [0, 0.1) is 5.41 Å². The highest BCUT2D eigenvalue weighted by atomic mass is 32.2. The van der Waals surface area contributed by atoms with Crippen LogP contribution in [0.4, 0.5) is 0 Å². The van der Waals surface area contributed by atoms with Gasteiger partial charge in [0, 0.05) is 24.0 Å². The number of hydrogen-bond donors (Lipinski definition) is 1. The first kappa shape index (κ1) is 15.0. The molecule has 0 radical (unpaired) electrons. The Morgan fingerprint density at radius 2 is 2.29 bits per heavy atom. The molecule has 1 aromatic rings. The lowest BCUT2D eigenvalue weighted by Crippen LogP contribution is -2.51. The van der Waals surface area contributed by atoms with Crippen LogP contribution in [0.1, 0.15) is 24.1 Å². The molecular formula is C14H20N2O3S2. The van der Waals surface area contributed by atoms with E-state index in [0.29, 0.717) is 6.42 Å². The van der Waals surface area contributed by atoms with Crippen LogP contribution in [-0.2, 0) is 21.2 Å². The molecular weight excluding hydrogens is 308 g/mol. The molecule has 1 aliphatic carbocycles. The molecule has 1 saturated heterocycles. The highest BCUT2D eigenvalue weighted by Crippen LogP contribution is 2.48. The molecule has 1 aliphatic heterocycles. The van der Waals surface area contributed by atoms with E-state index >= 15 is 0 Å². The zero-order valence-electron chi connectivity index (χ0n) is 12.0. The van der Waals surface area contributed by atoms with Gasteiger partial charge in [0.2, 0.25) is 15.9 Å². The van der Waals surface area contributed by atoms with E-state index in [4.69, 9.17) is 0 Å². The number of nitrogens with one attached hydrogen (secondary N) is 1. The fourth-order valence-corrected chi connectivity index (χ4v) is 4.99. The fraction of sp³-hybridized carbons (Fsp3) is 0.643. The third kappa shape index (κ3) is 3.46. The standard InChI is InChI=1S/C14H20N2O3S2/c1-21(18,19)15-11-8-14(9-11)4-5-16(10-14)13(17)7-12-3-2-6-20-12/h2-3,6,11,15H,4-5,7-10H2,1H3. The summed E-state index contributed by atoms with van der Waals surface area (Å²) in [5.41, 5.74) is 0.146. The van der Waals surface area contributed by atoms with E-state index in [-0.39, 0.29) is 17.4 Å². The molecule has 1 saturated carbocycles. The van der Waals surface area contributed by atoms with Crippen LogP contribution in [0.25, 0.3) is 0 Å². The summed E-state index contributed by atoms with van der Waals surface area (Å²) < 4.78 is 25.1. The van der Waals surface area contributed by atoms with Gasteiger partial charge >= 0.3 is 0 Å². The number of amides is 1. The van der Waals surface area contributed by atoms with Gasteiger partial charge in [0.05, 0.1) is 12.7 Å². The van der Waals surface area contributed by atoms with E-state index < -0.39 is 10.0 Å². The summed E-state index contributed by atoms with van der Waals surface area (Å²) in [5, 5.41) is 1.99. The minimum absolute atomic E-state index is 0.0485. The SMILES string of the molecule is CS(=O)(=O)NC1CC2(CCN(C(=O)Cc3cccs3)C2)C1. The molecule has 0 bridgehead atoms. The van der Waals surface area contributed by atoms with Gasteiger partial charge in [0.15, 0.2) is 0 Å². The van der Waals surface area contributed by atoms with Crippen molar-refractivity contribution >= 4 is 27.3 Å². The first-order chi connectivity index (χ1) is 9.85. The van der Waals surface area contributed by atoms with Gasteiger partial charge in [0.25, 0.3) is 0 Å². The molecule has 2 heterocycles. The summed E-state index contributed by atoms with van der Waals surface area (Å²) in [6.07, 6.45) is 4.37. The molecule has 116 valence electrons. The van der Waals surface area contributed by atoms with Crippen molar-refractivity contribution in [2.75, 3.05) is 19.3 Å². The zero-order chi connectivity index (χ0) is 15.1. The molecule has 1 aromatic heterocycles. The Hall–Kier alpha value is -0.920. The first-order valence-corrected chi connectivity index (χ1v) is 9.90. The van der Waals surface area contributed by atoms with Gasteiger partial charge in [0.1, 0.15) is 0 Å². The second kappa shape index (κ2) is 5.37. The predicted molar refractivity (Wildman–Crippen MR) is 82.7 cm³/mol. The average Bonchev–Trinajstić information content (AvgIpc) is 2.95. The summed E-state index contributed by atoms with van der Waals surface area (Å²) in [6.45, 7) is 1.58. The quantitative estimate of drug-likeness (QED) is 0.904. The minimum atomic E-state index is -3.12. The van der Waals surface area contributed by atoms with Gasteiger partial charge in [-0.3, -0.25) is 4.79 Å². The van der Waals surface area contributed by atoms with Gasteiger partial charge in [-0.2, -0.15) is 0 Å². The van der Waals surface area contributed by atoms with E-state index in [9.17, 15) is 13.2 Å². The number of thiophene rings is 1. The van der Waals surface area contributed by atoms with Crippen molar-refractivity contribution in [3.8, 4) is 0 Å². The van der Waals surface area contributed by atoms with Crippen molar-refractivity contribution in [3.05, 3.63) is 22.4 Å². The molecule has 5 nitrogen and oxygen atoms in total. The van der Waals surface area contributed by atoms with Crippen LogP contribution in [0.15, 0.2) is 17.5 Å². The van der Waals surface area contributed by atoms with Crippen LogP contribution in [0.3, 0.4) is 0 Å². The van der Waals surface area contributed by atoms with Gasteiger partial charge in [-0.05, 0) is 36.1 Å². The third-order valence-corrected chi connectivity index (χ3v) is 6.07. The van der Waals surface area contributed by atoms with E-state index in [1.165, 1.54) is 6.26 Å². The maximum absolute atomic E-state index is 12.3. The number of likely N-dealkylation sites (tertiary alicyclic amines) is 1. The molecule has 21 heavy (non-hydrogen) atoms. The Morgan fingerprint density at radius 3 is 2.90 bits per heavy atom. The molecule has 0 unspecified atom stereocenters. The molecule has 1 amide bonds. The largest absolute Gasteiger partial charge is 0.342 e. The van der Waals surface area contributed by atoms with Crippen molar-refractivity contribution in [3.63, 3.8) is 0 Å². The number of sulfonamides is 1. The van der Waals surface area contributed by atoms with Gasteiger partial charge in [-0.1, -0.05) is 6.07 Å². The summed E-state index contributed by atoms with van der Waals surface area (Å²) in [4.78, 5) is 15.3. The number of nitrogens with zero attached hydrogens (tertiary/aromatic N) is 1. The monoisotopic (exact) mass is 328 g/mol. The van der Waals surface area contributed by atoms with Crippen molar-refractivity contribution in [2.45, 2.75) is 31.7 Å². The van der Waals surface area contributed by atoms with E-state index in [0.717, 1.165) is 37.2 Å². The Balaban J connectivity index is 1.51. The van der Waals surface area contributed by atoms with E-state index in [2.05, 4.69) is 4.72 Å². The smallest absolute Gasteiger partial charge is 0.227 e. The zero-order valence-corrected chi connectivity index (χ0v) is 13.7. The molecule has 2 aliphatic rings. The lowest BCUT2D eigenvalue weighted by Gasteiger charge is -2.45. The van der Waals surface area contributed by atoms with Crippen LogP contribution in [0.5, 0.6) is 0 Å². The highest BCUT2D eigenvalue weighted by Gasteiger charge is 2.49. The topological polar surface area (TPSA) is 66.5 Å². The van der Waals surface area contributed by atoms with E-state index in [1.54, 1.807) is 11.3 Å². The number of rotatable bonds is 4. The Bertz CT molecular complexity index is 619. The maximum atomic E-state index is 12.3. The van der Waals surface area contributed by atoms with Gasteiger partial charge in [-0.15, -0.1) is 11.3 Å². The van der Waals surface area contributed by atoms with Crippen LogP contribution >= 0.6 is 11.3 Å². The third-order valence-electron chi connectivity index (χ3n) is 4.44. The predicted octanol–water partition coefficient (Wildman–Crippen LogP) is 1.22. The molecule has 0 aromatic carbocycles. The summed E-state index contributed by atoms with van der Waals surface area (Å²) in [5.74, 6) is 0.189. The molecule has 3 rings (SSSR count). The normalized spacial score (nSPS) is 28.8. The Morgan fingerprint density at radius 1 is 1.52 bits per heavy atom. The summed E-state index contributed by atoms with van der Waals surface area (Å²) >= 11 is 1.61. The fourth-order valence-electron chi connectivity index (χ4n) is 3.53. The second-order valence-electron chi connectivity index (χ2n) is 6.32. The van der Waals surface area contributed by atoms with Crippen molar-refractivity contribution in [1.82, 2.24) is 9.62 Å². The van der Waals surface area contributed by atoms with E-state index in [1.807, 2.05) is 22.4 Å². The summed E-state index contributed by atoms with van der Waals surface area (Å²) in [6, 6.07) is 4.00. The molecule has 7 heteroatoms. The number of carbonyl (C=O) groups excluding carboxylic acids is 1. The van der Waals surface area contributed by atoms with Crippen molar-refractivity contribution in [1.29, 1.82) is 0 Å². The molecule has 1 N–H and O–H groups in total. The number of hydrogen-bond acceptors (Lipinski definition) is 4. The van der Waals surface area contributed by atoms with Crippen LogP contribution in [0.2, 0.25) is 0 Å². The minimum Gasteiger partial charge on any atom is -0.342 e. The second-order valence-corrected chi connectivity index (χ2v) is 9.13. The lowest BCUT2D eigenvalue weighted by molar-refractivity contribution is -0.130. The van der Waals surface area contributed by atoms with Crippen molar-refractivity contribution in [2.24, 2.45) is 5.41 Å². The average molecular weight is 328 g/mol. The summed E-state index contributed by atoms with van der Waals surface area (Å²) in [7, 11) is -3.12. The van der Waals surface area contributed by atoms with Gasteiger partial charge < -0.3 is 4.90 Å². The number of carbonyl (C=O) groups is 1. The van der Waals surface area contributed by atoms with Crippen LogP contribution < -0.4 is 4.72 Å². The molecule has 1 spiro atoms. The Kier molecular flexibility index (Phi) is 3.83. The first-order valence-electron chi connectivity index (χ1n) is 7.13. The van der Waals surface area contributed by atoms with Gasteiger partial charge in [-0.25, -0.2) is 13.1 Å². The van der Waals surface area contributed by atoms with Crippen molar-refractivity contribution < 1.29 is 13.2 Å². The highest BCUT2D eigenvalue weighted by molar-refractivity contribution is 7.88. The van der Waals surface area contributed by atoms with Crippen LogP contribution in [-0.4, -0.2) is 44.6 Å². The molecule has 0 atom stereocenters.